The molecule has 2 atom stereocenters. The van der Waals surface area contributed by atoms with Crippen molar-refractivity contribution in [2.24, 2.45) is 0 Å². The third-order valence-corrected chi connectivity index (χ3v) is 4.79. The van der Waals surface area contributed by atoms with E-state index in [1.165, 1.54) is 11.1 Å². The van der Waals surface area contributed by atoms with E-state index in [-0.39, 0.29) is 18.0 Å². The Balaban J connectivity index is 1.74. The summed E-state index contributed by atoms with van der Waals surface area (Å²) in [6.45, 7) is 5.27. The predicted octanol–water partition coefficient (Wildman–Crippen LogP) is 2.53. The zero-order chi connectivity index (χ0) is 15.4. The fourth-order valence-electron chi connectivity index (χ4n) is 2.82. The largest absolute Gasteiger partial charge is 0.459 e. The summed E-state index contributed by atoms with van der Waals surface area (Å²) in [7, 11) is 0. The minimum absolute atomic E-state index is 0.0191. The van der Waals surface area contributed by atoms with Gasteiger partial charge in [0.2, 0.25) is 0 Å². The van der Waals surface area contributed by atoms with E-state index in [1.807, 2.05) is 6.92 Å². The molecule has 0 saturated carbocycles. The lowest BCUT2D eigenvalue weighted by molar-refractivity contribution is 0.00959. The maximum absolute atomic E-state index is 12.2. The molecule has 0 aliphatic carbocycles. The lowest BCUT2D eigenvalue weighted by Gasteiger charge is -2.37. The molecule has 1 aliphatic heterocycles. The first-order valence-electron chi connectivity index (χ1n) is 7.45. The highest BCUT2D eigenvalue weighted by Gasteiger charge is 2.29. The lowest BCUT2D eigenvalue weighted by atomic mass is 10.1. The molecule has 2 aromatic heterocycles. The molecule has 1 saturated heterocycles. The monoisotopic (exact) mass is 320 g/mol. The van der Waals surface area contributed by atoms with Crippen molar-refractivity contribution in [3.05, 3.63) is 46.5 Å². The van der Waals surface area contributed by atoms with Crippen LogP contribution in [0.5, 0.6) is 0 Å². The number of carbonyl (C=O) groups is 1. The summed E-state index contributed by atoms with van der Waals surface area (Å²) < 4.78 is 10.6. The van der Waals surface area contributed by atoms with Crippen molar-refractivity contribution < 1.29 is 13.9 Å². The third-order valence-electron chi connectivity index (χ3n) is 3.85. The summed E-state index contributed by atoms with van der Waals surface area (Å²) in [5, 5.41) is 5.13. The second kappa shape index (κ2) is 7.09. The van der Waals surface area contributed by atoms with Gasteiger partial charge in [-0.25, -0.2) is 0 Å². The first kappa shape index (κ1) is 15.3. The first-order chi connectivity index (χ1) is 10.8. The van der Waals surface area contributed by atoms with Crippen LogP contribution >= 0.6 is 11.3 Å². The molecule has 1 fully saturated rings. The summed E-state index contributed by atoms with van der Waals surface area (Å²) in [6.07, 6.45) is 1.51. The van der Waals surface area contributed by atoms with Crippen molar-refractivity contribution >= 4 is 17.2 Å². The van der Waals surface area contributed by atoms with Crippen LogP contribution in [-0.2, 0) is 4.74 Å². The van der Waals surface area contributed by atoms with Gasteiger partial charge in [0.05, 0.1) is 25.5 Å². The molecular formula is C16H20N2O3S. The van der Waals surface area contributed by atoms with Gasteiger partial charge in [-0.2, -0.15) is 0 Å². The second-order valence-electron chi connectivity index (χ2n) is 5.35. The smallest absolute Gasteiger partial charge is 0.287 e. The Morgan fingerprint density at radius 3 is 2.77 bits per heavy atom. The van der Waals surface area contributed by atoms with Crippen molar-refractivity contribution in [3.63, 3.8) is 0 Å². The molecular weight excluding hydrogens is 300 g/mol. The van der Waals surface area contributed by atoms with E-state index in [0.717, 1.165) is 26.3 Å². The average molecular weight is 320 g/mol. The summed E-state index contributed by atoms with van der Waals surface area (Å²) in [5.41, 5.74) is 0. The summed E-state index contributed by atoms with van der Waals surface area (Å²) in [4.78, 5) is 15.9. The normalized spacial score (nSPS) is 18.8. The summed E-state index contributed by atoms with van der Waals surface area (Å²) in [5.74, 6) is 0.172. The first-order valence-corrected chi connectivity index (χ1v) is 8.33. The van der Waals surface area contributed by atoms with Gasteiger partial charge in [-0.1, -0.05) is 6.07 Å². The Bertz CT molecular complexity index is 577. The topological polar surface area (TPSA) is 54.7 Å². The van der Waals surface area contributed by atoms with Crippen molar-refractivity contribution in [3.8, 4) is 0 Å². The number of thiophene rings is 1. The van der Waals surface area contributed by atoms with Crippen molar-refractivity contribution in [1.82, 2.24) is 10.2 Å². The fourth-order valence-corrected chi connectivity index (χ4v) is 3.79. The van der Waals surface area contributed by atoms with Crippen LogP contribution < -0.4 is 5.32 Å². The molecule has 5 nitrogen and oxygen atoms in total. The van der Waals surface area contributed by atoms with Crippen LogP contribution in [0.15, 0.2) is 40.3 Å². The SMILES string of the molecule is C[C@H](NC(=O)c1ccco1)[C@@H](c1cccs1)N1CCOCC1. The number of furan rings is 1. The molecule has 0 spiro atoms. The Hall–Kier alpha value is -1.63. The third kappa shape index (κ3) is 3.40. The molecule has 1 amide bonds. The molecule has 2 aromatic rings. The average Bonchev–Trinajstić information content (AvgIpc) is 3.22. The maximum Gasteiger partial charge on any atom is 0.287 e. The van der Waals surface area contributed by atoms with Crippen LogP contribution in [0, 0.1) is 0 Å². The van der Waals surface area contributed by atoms with E-state index < -0.39 is 0 Å². The molecule has 3 rings (SSSR count). The zero-order valence-corrected chi connectivity index (χ0v) is 13.3. The number of nitrogens with zero attached hydrogens (tertiary/aromatic N) is 1. The highest BCUT2D eigenvalue weighted by molar-refractivity contribution is 7.10. The number of rotatable bonds is 5. The number of carbonyl (C=O) groups excluding carboxylic acids is 1. The Morgan fingerprint density at radius 2 is 2.14 bits per heavy atom. The highest BCUT2D eigenvalue weighted by Crippen LogP contribution is 2.29. The number of ether oxygens (including phenoxy) is 1. The molecule has 1 aliphatic rings. The van der Waals surface area contributed by atoms with Crippen LogP contribution in [-0.4, -0.2) is 43.2 Å². The molecule has 0 unspecified atom stereocenters. The Morgan fingerprint density at radius 1 is 1.32 bits per heavy atom. The maximum atomic E-state index is 12.2. The summed E-state index contributed by atoms with van der Waals surface area (Å²) in [6, 6.07) is 7.71. The molecule has 0 aromatic carbocycles. The quantitative estimate of drug-likeness (QED) is 0.920. The van der Waals surface area contributed by atoms with Gasteiger partial charge < -0.3 is 14.5 Å². The summed E-state index contributed by atoms with van der Waals surface area (Å²) >= 11 is 1.72. The molecule has 0 radical (unpaired) electrons. The second-order valence-corrected chi connectivity index (χ2v) is 6.33. The van der Waals surface area contributed by atoms with E-state index >= 15 is 0 Å². The molecule has 0 bridgehead atoms. The van der Waals surface area contributed by atoms with Crippen molar-refractivity contribution in [1.29, 1.82) is 0 Å². The number of morpholine rings is 1. The van der Waals surface area contributed by atoms with Gasteiger partial charge in [0, 0.05) is 24.0 Å². The van der Waals surface area contributed by atoms with E-state index in [1.54, 1.807) is 23.5 Å². The van der Waals surface area contributed by atoms with Crippen LogP contribution in [0.2, 0.25) is 0 Å². The number of amides is 1. The van der Waals surface area contributed by atoms with Gasteiger partial charge in [0.25, 0.3) is 5.91 Å². The van der Waals surface area contributed by atoms with E-state index in [0.29, 0.717) is 5.76 Å². The number of nitrogens with one attached hydrogen (secondary N) is 1. The Labute approximate surface area is 133 Å². The van der Waals surface area contributed by atoms with E-state index in [9.17, 15) is 4.79 Å². The minimum Gasteiger partial charge on any atom is -0.459 e. The molecule has 1 N–H and O–H groups in total. The molecule has 22 heavy (non-hydrogen) atoms. The van der Waals surface area contributed by atoms with Crippen LogP contribution in [0.3, 0.4) is 0 Å². The van der Waals surface area contributed by atoms with Crippen LogP contribution in [0.4, 0.5) is 0 Å². The van der Waals surface area contributed by atoms with Gasteiger partial charge in [-0.3, -0.25) is 9.69 Å². The van der Waals surface area contributed by atoms with E-state index in [4.69, 9.17) is 9.15 Å². The van der Waals surface area contributed by atoms with E-state index in [2.05, 4.69) is 27.7 Å². The van der Waals surface area contributed by atoms with Crippen molar-refractivity contribution in [2.45, 2.75) is 19.0 Å². The fraction of sp³-hybridized carbons (Fsp3) is 0.438. The van der Waals surface area contributed by atoms with Crippen LogP contribution in [0.25, 0.3) is 0 Å². The molecule has 3 heterocycles. The van der Waals surface area contributed by atoms with Gasteiger partial charge in [-0.05, 0) is 30.5 Å². The van der Waals surface area contributed by atoms with Gasteiger partial charge in [0.15, 0.2) is 5.76 Å². The minimum atomic E-state index is -0.174. The Kier molecular flexibility index (Phi) is 4.92. The molecule has 6 heteroatoms. The van der Waals surface area contributed by atoms with Crippen LogP contribution in [0.1, 0.15) is 28.4 Å². The highest BCUT2D eigenvalue weighted by atomic mass is 32.1. The zero-order valence-electron chi connectivity index (χ0n) is 12.5. The van der Waals surface area contributed by atoms with Gasteiger partial charge in [0.1, 0.15) is 0 Å². The number of hydrogen-bond donors (Lipinski definition) is 1. The molecule has 118 valence electrons. The predicted molar refractivity (Wildman–Crippen MR) is 85.1 cm³/mol. The number of hydrogen-bond acceptors (Lipinski definition) is 5. The van der Waals surface area contributed by atoms with Gasteiger partial charge >= 0.3 is 0 Å². The standard InChI is InChI=1S/C16H20N2O3S/c1-12(17-16(19)13-4-2-8-21-13)15(14-5-3-11-22-14)18-6-9-20-10-7-18/h2-5,8,11-12,15H,6-7,9-10H2,1H3,(H,17,19)/t12-,15-/m0/s1. The van der Waals surface area contributed by atoms with Gasteiger partial charge in [-0.15, -0.1) is 11.3 Å². The van der Waals surface area contributed by atoms with Crippen molar-refractivity contribution in [2.75, 3.05) is 26.3 Å². The lowest BCUT2D eigenvalue weighted by Crippen LogP contribution is -2.48.